The van der Waals surface area contributed by atoms with Crippen LogP contribution in [0.5, 0.6) is 0 Å². The summed E-state index contributed by atoms with van der Waals surface area (Å²) in [6, 6.07) is 10.5. The van der Waals surface area contributed by atoms with E-state index in [4.69, 9.17) is 10.5 Å². The summed E-state index contributed by atoms with van der Waals surface area (Å²) >= 11 is 0. The Kier molecular flexibility index (Phi) is 6.14. The van der Waals surface area contributed by atoms with Gasteiger partial charge < -0.3 is 15.4 Å². The largest absolute Gasteiger partial charge is 0.469 e. The van der Waals surface area contributed by atoms with Crippen molar-refractivity contribution in [3.63, 3.8) is 0 Å². The van der Waals surface area contributed by atoms with Crippen LogP contribution >= 0.6 is 0 Å². The van der Waals surface area contributed by atoms with Gasteiger partial charge in [-0.15, -0.1) is 0 Å². The molecular formula is C20H29N3O3. The topological polar surface area (TPSA) is 75.9 Å². The van der Waals surface area contributed by atoms with E-state index < -0.39 is 0 Å². The molecule has 1 aliphatic heterocycles. The first kappa shape index (κ1) is 18.7. The van der Waals surface area contributed by atoms with Crippen molar-refractivity contribution >= 4 is 17.7 Å². The predicted octanol–water partition coefficient (Wildman–Crippen LogP) is 2.91. The Labute approximate surface area is 155 Å². The molecule has 0 bridgehead atoms. The zero-order valence-corrected chi connectivity index (χ0v) is 15.5. The molecule has 3 rings (SSSR count). The number of urea groups is 1. The van der Waals surface area contributed by atoms with Crippen LogP contribution in [0.4, 0.5) is 10.5 Å². The molecule has 1 saturated carbocycles. The van der Waals surface area contributed by atoms with Crippen molar-refractivity contribution in [1.29, 1.82) is 0 Å². The maximum Gasteiger partial charge on any atom is 0.325 e. The van der Waals surface area contributed by atoms with E-state index in [1.54, 1.807) is 0 Å². The van der Waals surface area contributed by atoms with E-state index in [-0.39, 0.29) is 30.1 Å². The lowest BCUT2D eigenvalue weighted by Gasteiger charge is -2.33. The quantitative estimate of drug-likeness (QED) is 0.793. The molecule has 1 unspecified atom stereocenters. The molecule has 26 heavy (non-hydrogen) atoms. The maximum atomic E-state index is 13.2. The molecule has 2 fully saturated rings. The van der Waals surface area contributed by atoms with Gasteiger partial charge in [0.2, 0.25) is 0 Å². The summed E-state index contributed by atoms with van der Waals surface area (Å²) in [6.07, 6.45) is 5.81. The lowest BCUT2D eigenvalue weighted by Crippen LogP contribution is -2.43. The number of methoxy groups -OCH3 is 1. The van der Waals surface area contributed by atoms with Crippen molar-refractivity contribution in [3.8, 4) is 0 Å². The fraction of sp³-hybridized carbons (Fsp3) is 0.600. The van der Waals surface area contributed by atoms with E-state index in [1.165, 1.54) is 7.11 Å². The Morgan fingerprint density at radius 3 is 2.54 bits per heavy atom. The van der Waals surface area contributed by atoms with E-state index in [0.717, 1.165) is 50.8 Å². The van der Waals surface area contributed by atoms with Gasteiger partial charge in [0, 0.05) is 30.7 Å². The fourth-order valence-corrected chi connectivity index (χ4v) is 4.11. The number of rotatable bonds is 6. The van der Waals surface area contributed by atoms with Crippen LogP contribution in [0.1, 0.15) is 44.9 Å². The number of carbonyl (C=O) groups is 2. The molecule has 1 aromatic rings. The third-order valence-corrected chi connectivity index (χ3v) is 5.59. The van der Waals surface area contributed by atoms with Gasteiger partial charge in [0.15, 0.2) is 0 Å². The SMILES string of the molecule is COC(=O)CCCC1CN(C2CCC(N)CC2)C(=O)N1c1ccccc1. The van der Waals surface area contributed by atoms with Crippen molar-refractivity contribution in [3.05, 3.63) is 30.3 Å². The van der Waals surface area contributed by atoms with Crippen LogP contribution in [0.2, 0.25) is 0 Å². The Balaban J connectivity index is 1.72. The highest BCUT2D eigenvalue weighted by Gasteiger charge is 2.41. The van der Waals surface area contributed by atoms with Crippen LogP contribution in [-0.2, 0) is 9.53 Å². The van der Waals surface area contributed by atoms with Gasteiger partial charge in [-0.3, -0.25) is 9.69 Å². The Bertz CT molecular complexity index is 614. The maximum absolute atomic E-state index is 13.2. The minimum atomic E-state index is -0.196. The molecule has 0 spiro atoms. The van der Waals surface area contributed by atoms with Crippen LogP contribution < -0.4 is 10.6 Å². The molecule has 1 heterocycles. The third-order valence-electron chi connectivity index (χ3n) is 5.59. The Hall–Kier alpha value is -2.08. The summed E-state index contributed by atoms with van der Waals surface area (Å²) in [7, 11) is 1.41. The minimum absolute atomic E-state index is 0.0831. The highest BCUT2D eigenvalue weighted by atomic mass is 16.5. The number of nitrogens with zero attached hydrogens (tertiary/aromatic N) is 2. The second-order valence-corrected chi connectivity index (χ2v) is 7.33. The van der Waals surface area contributed by atoms with Gasteiger partial charge in [-0.1, -0.05) is 18.2 Å². The van der Waals surface area contributed by atoms with Gasteiger partial charge in [0.05, 0.1) is 13.2 Å². The van der Waals surface area contributed by atoms with Gasteiger partial charge in [-0.25, -0.2) is 4.79 Å². The van der Waals surface area contributed by atoms with Crippen LogP contribution in [0, 0.1) is 0 Å². The van der Waals surface area contributed by atoms with Crippen molar-refractivity contribution in [2.45, 2.75) is 63.1 Å². The molecule has 1 atom stereocenters. The van der Waals surface area contributed by atoms with Gasteiger partial charge in [-0.2, -0.15) is 0 Å². The van der Waals surface area contributed by atoms with Crippen molar-refractivity contribution in [2.24, 2.45) is 5.73 Å². The monoisotopic (exact) mass is 359 g/mol. The van der Waals surface area contributed by atoms with E-state index in [0.29, 0.717) is 6.42 Å². The number of esters is 1. The molecule has 1 aromatic carbocycles. The smallest absolute Gasteiger partial charge is 0.325 e. The molecule has 1 saturated heterocycles. The fourth-order valence-electron chi connectivity index (χ4n) is 4.11. The summed E-state index contributed by atoms with van der Waals surface area (Å²) < 4.78 is 4.73. The lowest BCUT2D eigenvalue weighted by atomic mass is 9.91. The number of hydrogen-bond acceptors (Lipinski definition) is 4. The molecule has 0 radical (unpaired) electrons. The normalized spacial score (nSPS) is 26.2. The van der Waals surface area contributed by atoms with Crippen LogP contribution in [0.3, 0.4) is 0 Å². The highest BCUT2D eigenvalue weighted by molar-refractivity contribution is 5.95. The average Bonchev–Trinajstić information content (AvgIpc) is 2.99. The summed E-state index contributed by atoms with van der Waals surface area (Å²) in [5.74, 6) is -0.196. The minimum Gasteiger partial charge on any atom is -0.469 e. The van der Waals surface area contributed by atoms with E-state index >= 15 is 0 Å². The molecule has 2 aliphatic rings. The van der Waals surface area contributed by atoms with Gasteiger partial charge in [0.25, 0.3) is 0 Å². The number of nitrogens with two attached hydrogens (primary N) is 1. The molecule has 142 valence electrons. The van der Waals surface area contributed by atoms with Crippen LogP contribution in [0.15, 0.2) is 30.3 Å². The van der Waals surface area contributed by atoms with E-state index in [9.17, 15) is 9.59 Å². The second-order valence-electron chi connectivity index (χ2n) is 7.33. The first-order valence-electron chi connectivity index (χ1n) is 9.57. The third kappa shape index (κ3) is 4.18. The molecule has 2 amide bonds. The highest BCUT2D eigenvalue weighted by Crippen LogP contribution is 2.32. The van der Waals surface area contributed by atoms with E-state index in [2.05, 4.69) is 0 Å². The number of hydrogen-bond donors (Lipinski definition) is 1. The molecule has 6 nitrogen and oxygen atoms in total. The molecule has 1 aliphatic carbocycles. The Morgan fingerprint density at radius 1 is 1.19 bits per heavy atom. The molecule has 2 N–H and O–H groups in total. The number of amides is 2. The van der Waals surface area contributed by atoms with Crippen molar-refractivity contribution in [1.82, 2.24) is 4.90 Å². The van der Waals surface area contributed by atoms with Crippen LogP contribution in [-0.4, -0.2) is 48.7 Å². The predicted molar refractivity (Wildman–Crippen MR) is 101 cm³/mol. The summed E-state index contributed by atoms with van der Waals surface area (Å²) in [6.45, 7) is 0.717. The first-order chi connectivity index (χ1) is 12.6. The van der Waals surface area contributed by atoms with Gasteiger partial charge in [-0.05, 0) is 50.7 Å². The zero-order valence-electron chi connectivity index (χ0n) is 15.5. The van der Waals surface area contributed by atoms with Crippen molar-refractivity contribution < 1.29 is 14.3 Å². The summed E-state index contributed by atoms with van der Waals surface area (Å²) in [5.41, 5.74) is 6.95. The standard InChI is InChI=1S/C20H29N3O3/c1-26-19(24)9-5-8-18-14-22(16-12-10-15(21)11-13-16)20(25)23(18)17-6-3-2-4-7-17/h2-4,6-7,15-16,18H,5,8-14,21H2,1H3. The number of benzene rings is 1. The van der Waals surface area contributed by atoms with Crippen LogP contribution in [0.25, 0.3) is 0 Å². The summed E-state index contributed by atoms with van der Waals surface area (Å²) in [4.78, 5) is 28.5. The van der Waals surface area contributed by atoms with Crippen molar-refractivity contribution in [2.75, 3.05) is 18.6 Å². The lowest BCUT2D eigenvalue weighted by molar-refractivity contribution is -0.140. The number of para-hydroxylation sites is 1. The van der Waals surface area contributed by atoms with Gasteiger partial charge >= 0.3 is 12.0 Å². The average molecular weight is 359 g/mol. The molecular weight excluding hydrogens is 330 g/mol. The van der Waals surface area contributed by atoms with Gasteiger partial charge in [0.1, 0.15) is 0 Å². The molecule has 6 heteroatoms. The number of carbonyl (C=O) groups excluding carboxylic acids is 2. The number of anilines is 1. The number of ether oxygens (including phenoxy) is 1. The second kappa shape index (κ2) is 8.54. The zero-order chi connectivity index (χ0) is 18.5. The Morgan fingerprint density at radius 2 is 1.88 bits per heavy atom. The summed E-state index contributed by atoms with van der Waals surface area (Å²) in [5, 5.41) is 0. The molecule has 0 aromatic heterocycles. The van der Waals surface area contributed by atoms with E-state index in [1.807, 2.05) is 40.1 Å². The first-order valence-corrected chi connectivity index (χ1v) is 9.57.